The maximum absolute atomic E-state index is 12.2. The van der Waals surface area contributed by atoms with Gasteiger partial charge < -0.3 is 4.74 Å². The first-order chi connectivity index (χ1) is 9.52. The Morgan fingerprint density at radius 2 is 1.71 bits per heavy atom. The summed E-state index contributed by atoms with van der Waals surface area (Å²) < 4.78 is 85.8. The van der Waals surface area contributed by atoms with E-state index in [2.05, 4.69) is 4.74 Å². The number of nitrogens with one attached hydrogen (secondary N) is 1. The van der Waals surface area contributed by atoms with Crippen molar-refractivity contribution in [3.8, 4) is 0 Å². The molecule has 0 saturated heterocycles. The van der Waals surface area contributed by atoms with Crippen LogP contribution in [0.5, 0.6) is 0 Å². The van der Waals surface area contributed by atoms with E-state index in [9.17, 15) is 35.2 Å². The van der Waals surface area contributed by atoms with Crippen LogP contribution in [0, 0.1) is 0 Å². The van der Waals surface area contributed by atoms with Gasteiger partial charge in [0, 0.05) is 5.69 Å². The van der Waals surface area contributed by atoms with E-state index in [1.165, 1.54) is 0 Å². The standard InChI is InChI=1S/C10H8F5NO4S/c11-8(12)21(18,19)7-3-1-6(2-4-7)16-9(17)20-5-10(13,14)15/h1-4,8H,5H2,(H,16,17). The number of ether oxygens (including phenoxy) is 1. The van der Waals surface area contributed by atoms with Gasteiger partial charge in [-0.3, -0.25) is 5.32 Å². The van der Waals surface area contributed by atoms with Gasteiger partial charge in [-0.15, -0.1) is 0 Å². The van der Waals surface area contributed by atoms with Crippen LogP contribution in [0.4, 0.5) is 32.4 Å². The van der Waals surface area contributed by atoms with Crippen molar-refractivity contribution in [2.75, 3.05) is 11.9 Å². The van der Waals surface area contributed by atoms with Crippen LogP contribution in [0.2, 0.25) is 0 Å². The van der Waals surface area contributed by atoms with Crippen LogP contribution >= 0.6 is 0 Å². The van der Waals surface area contributed by atoms with Crippen LogP contribution in [0.15, 0.2) is 29.2 Å². The zero-order chi connectivity index (χ0) is 16.3. The number of amides is 1. The number of carbonyl (C=O) groups excluding carboxylic acids is 1. The van der Waals surface area contributed by atoms with E-state index in [1.54, 1.807) is 0 Å². The SMILES string of the molecule is O=C(Nc1ccc(S(=O)(=O)C(F)F)cc1)OCC(F)(F)F. The lowest BCUT2D eigenvalue weighted by Crippen LogP contribution is -2.23. The lowest BCUT2D eigenvalue weighted by atomic mass is 10.3. The third-order valence-corrected chi connectivity index (χ3v) is 3.43. The molecule has 118 valence electrons. The van der Waals surface area contributed by atoms with Gasteiger partial charge in [0.25, 0.3) is 0 Å². The largest absolute Gasteiger partial charge is 0.440 e. The molecule has 21 heavy (non-hydrogen) atoms. The first-order valence-corrected chi connectivity index (χ1v) is 6.69. The Morgan fingerprint density at radius 1 is 1.19 bits per heavy atom. The molecule has 1 rings (SSSR count). The summed E-state index contributed by atoms with van der Waals surface area (Å²) in [4.78, 5) is 10.3. The van der Waals surface area contributed by atoms with Gasteiger partial charge >= 0.3 is 18.0 Å². The van der Waals surface area contributed by atoms with Crippen molar-refractivity contribution in [1.82, 2.24) is 0 Å². The third-order valence-electron chi connectivity index (χ3n) is 2.03. The summed E-state index contributed by atoms with van der Waals surface area (Å²) in [6.45, 7) is -1.79. The van der Waals surface area contributed by atoms with Gasteiger partial charge in [0.2, 0.25) is 9.84 Å². The lowest BCUT2D eigenvalue weighted by Gasteiger charge is -2.09. The van der Waals surface area contributed by atoms with E-state index in [-0.39, 0.29) is 5.69 Å². The van der Waals surface area contributed by atoms with Crippen LogP contribution in [0.3, 0.4) is 0 Å². The Hall–Kier alpha value is -1.91. The quantitative estimate of drug-likeness (QED) is 0.860. The van der Waals surface area contributed by atoms with Crippen LogP contribution < -0.4 is 5.32 Å². The number of benzene rings is 1. The van der Waals surface area contributed by atoms with Crippen molar-refractivity contribution >= 4 is 21.6 Å². The van der Waals surface area contributed by atoms with E-state index in [0.717, 1.165) is 24.3 Å². The second-order valence-corrected chi connectivity index (χ2v) is 5.56. The highest BCUT2D eigenvalue weighted by Crippen LogP contribution is 2.20. The number of carbonyl (C=O) groups is 1. The molecule has 0 fully saturated rings. The Labute approximate surface area is 115 Å². The van der Waals surface area contributed by atoms with Crippen LogP contribution in [-0.2, 0) is 14.6 Å². The second kappa shape index (κ2) is 6.24. The minimum absolute atomic E-state index is 0.115. The zero-order valence-corrected chi connectivity index (χ0v) is 10.8. The molecule has 0 aliphatic heterocycles. The predicted molar refractivity (Wildman–Crippen MR) is 60.7 cm³/mol. The first-order valence-electron chi connectivity index (χ1n) is 5.15. The molecule has 1 amide bonds. The number of sulfone groups is 1. The highest BCUT2D eigenvalue weighted by Gasteiger charge is 2.29. The molecule has 0 saturated carbocycles. The van der Waals surface area contributed by atoms with Crippen molar-refractivity contribution in [3.05, 3.63) is 24.3 Å². The number of halogens is 5. The summed E-state index contributed by atoms with van der Waals surface area (Å²) in [5.41, 5.74) is -0.115. The molecule has 0 aromatic heterocycles. The normalized spacial score (nSPS) is 12.3. The molecule has 0 heterocycles. The van der Waals surface area contributed by atoms with E-state index in [0.29, 0.717) is 0 Å². The number of anilines is 1. The Kier molecular flexibility index (Phi) is 5.10. The summed E-state index contributed by atoms with van der Waals surface area (Å²) in [6, 6.07) is 3.43. The molecule has 5 nitrogen and oxygen atoms in total. The van der Waals surface area contributed by atoms with E-state index >= 15 is 0 Å². The Balaban J connectivity index is 2.70. The fourth-order valence-electron chi connectivity index (χ4n) is 1.13. The second-order valence-electron chi connectivity index (χ2n) is 3.65. The van der Waals surface area contributed by atoms with E-state index < -0.39 is 39.4 Å². The highest BCUT2D eigenvalue weighted by atomic mass is 32.2. The van der Waals surface area contributed by atoms with Crippen molar-refractivity contribution in [1.29, 1.82) is 0 Å². The molecular weight excluding hydrogens is 325 g/mol. The van der Waals surface area contributed by atoms with E-state index in [4.69, 9.17) is 0 Å². The van der Waals surface area contributed by atoms with Crippen molar-refractivity contribution in [2.45, 2.75) is 16.8 Å². The topological polar surface area (TPSA) is 72.5 Å². The van der Waals surface area contributed by atoms with Gasteiger partial charge in [-0.1, -0.05) is 0 Å². The van der Waals surface area contributed by atoms with Crippen molar-refractivity contribution < 1.29 is 39.9 Å². The zero-order valence-electron chi connectivity index (χ0n) is 10.0. The third kappa shape index (κ3) is 5.17. The molecule has 1 aromatic carbocycles. The Morgan fingerprint density at radius 3 is 2.14 bits per heavy atom. The van der Waals surface area contributed by atoms with Gasteiger partial charge in [-0.05, 0) is 24.3 Å². The number of alkyl halides is 5. The number of rotatable bonds is 4. The van der Waals surface area contributed by atoms with Crippen LogP contribution in [0.25, 0.3) is 0 Å². The van der Waals surface area contributed by atoms with E-state index in [1.807, 2.05) is 5.32 Å². The van der Waals surface area contributed by atoms with Gasteiger partial charge in [0.15, 0.2) is 6.61 Å². The molecule has 0 radical (unpaired) electrons. The first kappa shape index (κ1) is 17.1. The summed E-state index contributed by atoms with van der Waals surface area (Å²) in [6.07, 6.45) is -6.11. The molecule has 0 aliphatic rings. The molecule has 0 bridgehead atoms. The van der Waals surface area contributed by atoms with Gasteiger partial charge in [0.1, 0.15) is 0 Å². The van der Waals surface area contributed by atoms with Gasteiger partial charge in [-0.2, -0.15) is 22.0 Å². The maximum atomic E-state index is 12.2. The lowest BCUT2D eigenvalue weighted by molar-refractivity contribution is -0.159. The van der Waals surface area contributed by atoms with Crippen molar-refractivity contribution in [3.63, 3.8) is 0 Å². The number of hydrogen-bond acceptors (Lipinski definition) is 4. The average Bonchev–Trinajstić information content (AvgIpc) is 2.36. The molecule has 0 atom stereocenters. The summed E-state index contributed by atoms with van der Waals surface area (Å²) in [5.74, 6) is -3.60. The molecular formula is C10H8F5NO4S. The fourth-order valence-corrected chi connectivity index (χ4v) is 1.85. The van der Waals surface area contributed by atoms with Crippen molar-refractivity contribution in [2.24, 2.45) is 0 Å². The minimum atomic E-state index is -4.78. The van der Waals surface area contributed by atoms with Gasteiger partial charge in [0.05, 0.1) is 4.90 Å². The smallest absolute Gasteiger partial charge is 0.422 e. The maximum Gasteiger partial charge on any atom is 0.422 e. The highest BCUT2D eigenvalue weighted by molar-refractivity contribution is 7.91. The Bertz CT molecular complexity index is 597. The van der Waals surface area contributed by atoms with Crippen LogP contribution in [-0.4, -0.2) is 33.1 Å². The molecule has 1 N–H and O–H groups in total. The summed E-state index contributed by atoms with van der Waals surface area (Å²) >= 11 is 0. The summed E-state index contributed by atoms with van der Waals surface area (Å²) in [5, 5.41) is 1.88. The monoisotopic (exact) mass is 333 g/mol. The van der Waals surface area contributed by atoms with Gasteiger partial charge in [-0.25, -0.2) is 13.2 Å². The fraction of sp³-hybridized carbons (Fsp3) is 0.300. The minimum Gasteiger partial charge on any atom is -0.440 e. The average molecular weight is 333 g/mol. The molecule has 0 spiro atoms. The number of hydrogen-bond donors (Lipinski definition) is 1. The van der Waals surface area contributed by atoms with Crippen LogP contribution in [0.1, 0.15) is 0 Å². The predicted octanol–water partition coefficient (Wildman–Crippen LogP) is 2.79. The molecule has 1 aromatic rings. The molecule has 11 heteroatoms. The molecule has 0 aliphatic carbocycles. The molecule has 0 unspecified atom stereocenters. The summed E-state index contributed by atoms with van der Waals surface area (Å²) in [7, 11) is -4.78.